The Balaban J connectivity index is 2.20. The van der Waals surface area contributed by atoms with Crippen LogP contribution in [0.4, 0.5) is 0 Å². The monoisotopic (exact) mass is 243 g/mol. The summed E-state index contributed by atoms with van der Waals surface area (Å²) in [5.74, 6) is 0.133. The van der Waals surface area contributed by atoms with Crippen molar-refractivity contribution in [2.45, 2.75) is 0 Å². The molecular weight excluding hydrogens is 234 g/mol. The van der Waals surface area contributed by atoms with Crippen LogP contribution in [0.25, 0.3) is 22.6 Å². The molecule has 0 fully saturated rings. The minimum atomic E-state index is -0.418. The van der Waals surface area contributed by atoms with Crippen LogP contribution in [0.5, 0.6) is 0 Å². The Kier molecular flexibility index (Phi) is 2.33. The first-order chi connectivity index (χ1) is 8.79. The van der Waals surface area contributed by atoms with Crippen molar-refractivity contribution in [2.75, 3.05) is 7.11 Å². The van der Waals surface area contributed by atoms with Gasteiger partial charge in [0.05, 0.1) is 18.2 Å². The normalized spacial score (nSPS) is 10.7. The number of aromatic nitrogens is 3. The van der Waals surface area contributed by atoms with Gasteiger partial charge in [-0.3, -0.25) is 0 Å². The molecule has 3 rings (SSSR count). The Morgan fingerprint density at radius 1 is 1.39 bits per heavy atom. The number of H-pyrrole nitrogens is 1. The van der Waals surface area contributed by atoms with Gasteiger partial charge >= 0.3 is 5.97 Å². The number of para-hydroxylation sites is 1. The van der Waals surface area contributed by atoms with Gasteiger partial charge in [-0.1, -0.05) is 11.2 Å². The van der Waals surface area contributed by atoms with E-state index in [1.54, 1.807) is 18.2 Å². The first-order valence-corrected chi connectivity index (χ1v) is 5.27. The lowest BCUT2D eigenvalue weighted by atomic mass is 10.2. The molecule has 18 heavy (non-hydrogen) atoms. The summed E-state index contributed by atoms with van der Waals surface area (Å²) in [5.41, 5.74) is 2.31. The number of hydrogen-bond acceptors (Lipinski definition) is 5. The van der Waals surface area contributed by atoms with Crippen LogP contribution < -0.4 is 0 Å². The predicted octanol–water partition coefficient (Wildman–Crippen LogP) is 2.00. The van der Waals surface area contributed by atoms with Crippen LogP contribution in [0.2, 0.25) is 0 Å². The molecule has 1 N–H and O–H groups in total. The molecule has 1 aromatic carbocycles. The molecule has 0 spiro atoms. The van der Waals surface area contributed by atoms with Gasteiger partial charge < -0.3 is 14.2 Å². The van der Waals surface area contributed by atoms with Crippen molar-refractivity contribution in [1.29, 1.82) is 0 Å². The Hall–Kier alpha value is -2.63. The van der Waals surface area contributed by atoms with Gasteiger partial charge in [0.25, 0.3) is 0 Å². The minimum Gasteiger partial charge on any atom is -0.465 e. The number of fused-ring (bicyclic) bond motifs is 1. The van der Waals surface area contributed by atoms with Gasteiger partial charge in [-0.25, -0.2) is 9.78 Å². The number of imidazole rings is 1. The lowest BCUT2D eigenvalue weighted by Gasteiger charge is -1.98. The molecule has 0 saturated carbocycles. The molecule has 0 aliphatic heterocycles. The number of benzene rings is 1. The maximum absolute atomic E-state index is 11.6. The van der Waals surface area contributed by atoms with Crippen molar-refractivity contribution >= 4 is 17.0 Å². The fourth-order valence-electron chi connectivity index (χ4n) is 1.76. The molecule has 0 radical (unpaired) electrons. The van der Waals surface area contributed by atoms with Crippen molar-refractivity contribution in [1.82, 2.24) is 15.1 Å². The van der Waals surface area contributed by atoms with Gasteiger partial charge in [0.2, 0.25) is 0 Å². The van der Waals surface area contributed by atoms with E-state index in [0.29, 0.717) is 22.6 Å². The summed E-state index contributed by atoms with van der Waals surface area (Å²) in [5, 5.41) is 3.79. The minimum absolute atomic E-state index is 0.418. The second-order valence-electron chi connectivity index (χ2n) is 3.66. The average molecular weight is 243 g/mol. The highest BCUT2D eigenvalue weighted by Crippen LogP contribution is 2.22. The zero-order valence-corrected chi connectivity index (χ0v) is 9.51. The SMILES string of the molecule is COC(=O)c1cccc2[nH]c(-c3ccon3)nc12. The summed E-state index contributed by atoms with van der Waals surface area (Å²) in [6, 6.07) is 6.95. The first-order valence-electron chi connectivity index (χ1n) is 5.27. The highest BCUT2D eigenvalue weighted by atomic mass is 16.5. The molecule has 0 bridgehead atoms. The fraction of sp³-hybridized carbons (Fsp3) is 0.0833. The highest BCUT2D eigenvalue weighted by molar-refractivity contribution is 6.02. The number of ether oxygens (including phenoxy) is 1. The van der Waals surface area contributed by atoms with Gasteiger partial charge in [0, 0.05) is 6.07 Å². The van der Waals surface area contributed by atoms with Gasteiger partial charge in [0.15, 0.2) is 5.82 Å². The summed E-state index contributed by atoms with van der Waals surface area (Å²) in [7, 11) is 1.34. The lowest BCUT2D eigenvalue weighted by molar-refractivity contribution is 0.0603. The molecule has 0 aliphatic carbocycles. The first kappa shape index (κ1) is 10.5. The van der Waals surface area contributed by atoms with Crippen molar-refractivity contribution in [3.8, 4) is 11.5 Å². The number of nitrogens with one attached hydrogen (secondary N) is 1. The quantitative estimate of drug-likeness (QED) is 0.696. The van der Waals surface area contributed by atoms with Gasteiger partial charge in [-0.15, -0.1) is 0 Å². The maximum atomic E-state index is 11.6. The van der Waals surface area contributed by atoms with Crippen molar-refractivity contribution in [3.63, 3.8) is 0 Å². The van der Waals surface area contributed by atoms with Crippen molar-refractivity contribution in [3.05, 3.63) is 36.1 Å². The van der Waals surface area contributed by atoms with E-state index in [4.69, 9.17) is 9.26 Å². The Labute approximate surface area is 102 Å². The number of carbonyl (C=O) groups is 1. The molecule has 6 heteroatoms. The van der Waals surface area contributed by atoms with E-state index in [-0.39, 0.29) is 0 Å². The molecule has 0 atom stereocenters. The average Bonchev–Trinajstić information content (AvgIpc) is 3.04. The Morgan fingerprint density at radius 3 is 3.00 bits per heavy atom. The number of aromatic amines is 1. The zero-order chi connectivity index (χ0) is 12.5. The maximum Gasteiger partial charge on any atom is 0.340 e. The Bertz CT molecular complexity index is 701. The largest absolute Gasteiger partial charge is 0.465 e. The molecule has 0 aliphatic rings. The van der Waals surface area contributed by atoms with Gasteiger partial charge in [-0.05, 0) is 12.1 Å². The van der Waals surface area contributed by atoms with Crippen LogP contribution in [-0.4, -0.2) is 28.2 Å². The zero-order valence-electron chi connectivity index (χ0n) is 9.51. The topological polar surface area (TPSA) is 81.0 Å². The molecule has 90 valence electrons. The smallest absolute Gasteiger partial charge is 0.340 e. The lowest BCUT2D eigenvalue weighted by Crippen LogP contribution is -2.01. The number of rotatable bonds is 2. The Morgan fingerprint density at radius 2 is 2.28 bits per heavy atom. The van der Waals surface area contributed by atoms with E-state index >= 15 is 0 Å². The molecule has 2 aromatic heterocycles. The molecule has 0 saturated heterocycles. The van der Waals surface area contributed by atoms with Gasteiger partial charge in [-0.2, -0.15) is 0 Å². The van der Waals surface area contributed by atoms with Crippen LogP contribution in [0.1, 0.15) is 10.4 Å². The number of carbonyl (C=O) groups excluding carboxylic acids is 1. The summed E-state index contributed by atoms with van der Waals surface area (Å²) in [6.07, 6.45) is 1.46. The van der Waals surface area contributed by atoms with Crippen LogP contribution in [0.3, 0.4) is 0 Å². The third-order valence-electron chi connectivity index (χ3n) is 2.60. The number of esters is 1. The standard InChI is InChI=1S/C12H9N3O3/c1-17-12(16)7-3-2-4-8-10(7)14-11(13-8)9-5-6-18-15-9/h2-6H,1H3,(H,13,14). The van der Waals surface area contributed by atoms with Crippen LogP contribution in [0.15, 0.2) is 35.1 Å². The molecule has 6 nitrogen and oxygen atoms in total. The number of methoxy groups -OCH3 is 1. The number of nitrogens with zero attached hydrogens (tertiary/aromatic N) is 2. The summed E-state index contributed by atoms with van der Waals surface area (Å²) in [6.45, 7) is 0. The second kappa shape index (κ2) is 3.99. The van der Waals surface area contributed by atoms with E-state index in [1.807, 2.05) is 6.07 Å². The van der Waals surface area contributed by atoms with E-state index in [9.17, 15) is 4.79 Å². The van der Waals surface area contributed by atoms with Crippen molar-refractivity contribution in [2.24, 2.45) is 0 Å². The molecule has 0 amide bonds. The predicted molar refractivity (Wildman–Crippen MR) is 62.9 cm³/mol. The molecule has 3 aromatic rings. The molecule has 0 unspecified atom stereocenters. The van der Waals surface area contributed by atoms with Gasteiger partial charge in [0.1, 0.15) is 17.5 Å². The second-order valence-corrected chi connectivity index (χ2v) is 3.66. The third kappa shape index (κ3) is 1.55. The van der Waals surface area contributed by atoms with E-state index < -0.39 is 5.97 Å². The summed E-state index contributed by atoms with van der Waals surface area (Å²) < 4.78 is 9.48. The summed E-state index contributed by atoms with van der Waals surface area (Å²) >= 11 is 0. The van der Waals surface area contributed by atoms with Crippen LogP contribution in [-0.2, 0) is 4.74 Å². The third-order valence-corrected chi connectivity index (χ3v) is 2.60. The highest BCUT2D eigenvalue weighted by Gasteiger charge is 2.15. The van der Waals surface area contributed by atoms with E-state index in [2.05, 4.69) is 15.1 Å². The number of hydrogen-bond donors (Lipinski definition) is 1. The van der Waals surface area contributed by atoms with Crippen molar-refractivity contribution < 1.29 is 14.1 Å². The van der Waals surface area contributed by atoms with E-state index in [0.717, 1.165) is 5.52 Å². The van der Waals surface area contributed by atoms with Crippen LogP contribution >= 0.6 is 0 Å². The van der Waals surface area contributed by atoms with Crippen LogP contribution in [0, 0.1) is 0 Å². The van der Waals surface area contributed by atoms with E-state index in [1.165, 1.54) is 13.4 Å². The fourth-order valence-corrected chi connectivity index (χ4v) is 1.76. The molecular formula is C12H9N3O3. The molecule has 2 heterocycles. The summed E-state index contributed by atoms with van der Waals surface area (Å²) in [4.78, 5) is 19.0.